The molecule has 0 aromatic carbocycles. The summed E-state index contributed by atoms with van der Waals surface area (Å²) in [4.78, 5) is 27.2. The molecule has 1 aliphatic heterocycles. The van der Waals surface area contributed by atoms with Gasteiger partial charge in [-0.1, -0.05) is 0 Å². The number of amides is 2. The van der Waals surface area contributed by atoms with Crippen molar-refractivity contribution in [1.29, 1.82) is 0 Å². The van der Waals surface area contributed by atoms with Gasteiger partial charge in [0, 0.05) is 38.1 Å². The van der Waals surface area contributed by atoms with Crippen molar-refractivity contribution in [3.05, 3.63) is 0 Å². The highest BCUT2D eigenvalue weighted by Crippen LogP contribution is 2.18. The lowest BCUT2D eigenvalue weighted by Gasteiger charge is -2.43. The zero-order valence-electron chi connectivity index (χ0n) is 13.2. The second-order valence-electron chi connectivity index (χ2n) is 6.58. The Morgan fingerprint density at radius 2 is 1.90 bits per heavy atom. The smallest absolute Gasteiger partial charge is 0.410 e. The molecule has 2 amide bonds. The van der Waals surface area contributed by atoms with Gasteiger partial charge in [0.15, 0.2) is 0 Å². The Hall–Kier alpha value is -1.30. The van der Waals surface area contributed by atoms with E-state index in [9.17, 15) is 9.59 Å². The number of hydrogen-bond donors (Lipinski definition) is 1. The molecule has 1 heterocycles. The van der Waals surface area contributed by atoms with Crippen LogP contribution >= 0.6 is 0 Å². The highest BCUT2D eigenvalue weighted by atomic mass is 16.6. The van der Waals surface area contributed by atoms with Crippen LogP contribution in [0.25, 0.3) is 0 Å². The van der Waals surface area contributed by atoms with E-state index in [2.05, 4.69) is 18.7 Å². The van der Waals surface area contributed by atoms with Crippen LogP contribution < -0.4 is 5.73 Å². The summed E-state index contributed by atoms with van der Waals surface area (Å²) in [6.45, 7) is 11.5. The average Bonchev–Trinajstić information content (AvgIpc) is 2.25. The normalized spacial score (nSPS) is 21.1. The molecular formula is C14H27N3O3. The number of primary amides is 1. The first-order valence-corrected chi connectivity index (χ1v) is 7.12. The Kier molecular flexibility index (Phi) is 5.39. The van der Waals surface area contributed by atoms with Gasteiger partial charge in [-0.15, -0.1) is 0 Å². The minimum Gasteiger partial charge on any atom is -0.444 e. The van der Waals surface area contributed by atoms with Crippen molar-refractivity contribution in [2.45, 2.75) is 58.7 Å². The van der Waals surface area contributed by atoms with Crippen LogP contribution in [0.2, 0.25) is 0 Å². The minimum absolute atomic E-state index is 0.0335. The lowest BCUT2D eigenvalue weighted by Crippen LogP contribution is -2.58. The highest BCUT2D eigenvalue weighted by Gasteiger charge is 2.33. The standard InChI is InChI=1S/C14H27N3O3/c1-10(2)17-7-6-16(9-11(17)8-12(15)18)13(19)20-14(3,4)5/h10-11H,6-9H2,1-5H3,(H2,15,18). The number of ether oxygens (including phenoxy) is 1. The number of carbonyl (C=O) groups excluding carboxylic acids is 2. The van der Waals surface area contributed by atoms with Crippen molar-refractivity contribution in [3.63, 3.8) is 0 Å². The quantitative estimate of drug-likeness (QED) is 0.845. The van der Waals surface area contributed by atoms with Crippen LogP contribution in [-0.4, -0.2) is 59.1 Å². The van der Waals surface area contributed by atoms with Crippen LogP contribution in [0.3, 0.4) is 0 Å². The van der Waals surface area contributed by atoms with Gasteiger partial charge in [-0.25, -0.2) is 4.79 Å². The molecule has 6 heteroatoms. The Labute approximate surface area is 121 Å². The summed E-state index contributed by atoms with van der Waals surface area (Å²) in [6, 6.07) is 0.286. The maximum Gasteiger partial charge on any atom is 0.410 e. The summed E-state index contributed by atoms with van der Waals surface area (Å²) >= 11 is 0. The summed E-state index contributed by atoms with van der Waals surface area (Å²) < 4.78 is 5.38. The molecule has 1 unspecified atom stereocenters. The third-order valence-corrected chi connectivity index (χ3v) is 3.28. The number of nitrogens with zero attached hydrogens (tertiary/aromatic N) is 2. The van der Waals surface area contributed by atoms with Gasteiger partial charge in [-0.05, 0) is 34.6 Å². The third kappa shape index (κ3) is 5.00. The maximum absolute atomic E-state index is 12.1. The Balaban J connectivity index is 2.70. The molecule has 1 saturated heterocycles. The average molecular weight is 285 g/mol. The maximum atomic E-state index is 12.1. The first-order valence-electron chi connectivity index (χ1n) is 7.12. The molecule has 1 atom stereocenters. The van der Waals surface area contributed by atoms with Gasteiger partial charge in [-0.2, -0.15) is 0 Å². The van der Waals surface area contributed by atoms with Gasteiger partial charge in [0.2, 0.25) is 5.91 Å². The second-order valence-corrected chi connectivity index (χ2v) is 6.58. The molecular weight excluding hydrogens is 258 g/mol. The zero-order chi connectivity index (χ0) is 15.5. The first-order chi connectivity index (χ1) is 9.10. The van der Waals surface area contributed by atoms with Gasteiger partial charge in [0.1, 0.15) is 5.60 Å². The Morgan fingerprint density at radius 1 is 1.30 bits per heavy atom. The van der Waals surface area contributed by atoms with Crippen LogP contribution in [0.5, 0.6) is 0 Å². The first kappa shape index (κ1) is 16.8. The topological polar surface area (TPSA) is 75.9 Å². The van der Waals surface area contributed by atoms with Crippen LogP contribution in [0, 0.1) is 0 Å². The lowest BCUT2D eigenvalue weighted by atomic mass is 10.1. The SMILES string of the molecule is CC(C)N1CCN(C(=O)OC(C)(C)C)CC1CC(N)=O. The predicted molar refractivity (Wildman–Crippen MR) is 77.2 cm³/mol. The van der Waals surface area contributed by atoms with Gasteiger partial charge in [-0.3, -0.25) is 9.69 Å². The number of hydrogen-bond acceptors (Lipinski definition) is 4. The summed E-state index contributed by atoms with van der Waals surface area (Å²) in [7, 11) is 0. The molecule has 0 aromatic rings. The fourth-order valence-corrected chi connectivity index (χ4v) is 2.46. The molecule has 20 heavy (non-hydrogen) atoms. The predicted octanol–water partition coefficient (Wildman–Crippen LogP) is 1.19. The lowest BCUT2D eigenvalue weighted by molar-refractivity contribution is -0.120. The molecule has 0 aliphatic carbocycles. The zero-order valence-corrected chi connectivity index (χ0v) is 13.2. The van der Waals surface area contributed by atoms with Crippen LogP contribution in [0.1, 0.15) is 41.0 Å². The van der Waals surface area contributed by atoms with Crippen LogP contribution in [0.4, 0.5) is 4.79 Å². The van der Waals surface area contributed by atoms with E-state index < -0.39 is 5.60 Å². The second kappa shape index (κ2) is 6.43. The molecule has 2 N–H and O–H groups in total. The highest BCUT2D eigenvalue weighted by molar-refractivity contribution is 5.74. The van der Waals surface area contributed by atoms with E-state index >= 15 is 0 Å². The molecule has 1 fully saturated rings. The summed E-state index contributed by atoms with van der Waals surface area (Å²) in [5, 5.41) is 0. The van der Waals surface area contributed by atoms with E-state index in [1.165, 1.54) is 0 Å². The molecule has 1 aliphatic rings. The number of rotatable bonds is 3. The molecule has 116 valence electrons. The number of nitrogens with two attached hydrogens (primary N) is 1. The molecule has 0 spiro atoms. The largest absolute Gasteiger partial charge is 0.444 e. The van der Waals surface area contributed by atoms with E-state index in [1.807, 2.05) is 20.8 Å². The van der Waals surface area contributed by atoms with Crippen LogP contribution in [0.15, 0.2) is 0 Å². The fraction of sp³-hybridized carbons (Fsp3) is 0.857. The van der Waals surface area contributed by atoms with E-state index in [-0.39, 0.29) is 24.5 Å². The van der Waals surface area contributed by atoms with Gasteiger partial charge >= 0.3 is 6.09 Å². The van der Waals surface area contributed by atoms with Crippen molar-refractivity contribution >= 4 is 12.0 Å². The van der Waals surface area contributed by atoms with Crippen LogP contribution in [-0.2, 0) is 9.53 Å². The number of piperazine rings is 1. The van der Waals surface area contributed by atoms with E-state index in [0.717, 1.165) is 6.54 Å². The van der Waals surface area contributed by atoms with Crippen molar-refractivity contribution in [3.8, 4) is 0 Å². The van der Waals surface area contributed by atoms with Gasteiger partial charge in [0.25, 0.3) is 0 Å². The Morgan fingerprint density at radius 3 is 2.35 bits per heavy atom. The summed E-state index contributed by atoms with van der Waals surface area (Å²) in [6.07, 6.45) is -0.0623. The van der Waals surface area contributed by atoms with Crippen molar-refractivity contribution < 1.29 is 14.3 Å². The van der Waals surface area contributed by atoms with Crippen molar-refractivity contribution in [2.24, 2.45) is 5.73 Å². The monoisotopic (exact) mass is 285 g/mol. The molecule has 6 nitrogen and oxygen atoms in total. The molecule has 0 saturated carbocycles. The minimum atomic E-state index is -0.508. The number of carbonyl (C=O) groups is 2. The third-order valence-electron chi connectivity index (χ3n) is 3.28. The Bertz CT molecular complexity index is 363. The summed E-state index contributed by atoms with van der Waals surface area (Å²) in [5.74, 6) is -0.341. The molecule has 0 bridgehead atoms. The summed E-state index contributed by atoms with van der Waals surface area (Å²) in [5.41, 5.74) is 4.80. The van der Waals surface area contributed by atoms with Crippen molar-refractivity contribution in [1.82, 2.24) is 9.80 Å². The van der Waals surface area contributed by atoms with E-state index in [4.69, 9.17) is 10.5 Å². The van der Waals surface area contributed by atoms with E-state index in [0.29, 0.717) is 19.1 Å². The molecule has 0 radical (unpaired) electrons. The fourth-order valence-electron chi connectivity index (χ4n) is 2.46. The van der Waals surface area contributed by atoms with Crippen molar-refractivity contribution in [2.75, 3.05) is 19.6 Å². The van der Waals surface area contributed by atoms with Gasteiger partial charge < -0.3 is 15.4 Å². The molecule has 1 rings (SSSR count). The van der Waals surface area contributed by atoms with E-state index in [1.54, 1.807) is 4.90 Å². The van der Waals surface area contributed by atoms with Gasteiger partial charge in [0.05, 0.1) is 0 Å². The molecule has 0 aromatic heterocycles.